The fraction of sp³-hybridized carbons (Fsp3) is 0.276. The summed E-state index contributed by atoms with van der Waals surface area (Å²) >= 11 is 0. The Kier molecular flexibility index (Phi) is 7.47. The number of carbonyl (C=O) groups is 1. The first-order valence-electron chi connectivity index (χ1n) is 12.4. The zero-order valence-corrected chi connectivity index (χ0v) is 20.2. The summed E-state index contributed by atoms with van der Waals surface area (Å²) in [6.07, 6.45) is 0.938. The van der Waals surface area contributed by atoms with E-state index in [9.17, 15) is 9.18 Å². The van der Waals surface area contributed by atoms with Gasteiger partial charge in [0.1, 0.15) is 11.6 Å². The number of rotatable bonds is 8. The molecule has 0 unspecified atom stereocenters. The monoisotopic (exact) mass is 483 g/mol. The van der Waals surface area contributed by atoms with E-state index in [1.807, 2.05) is 0 Å². The molecule has 1 N–H and O–H groups in total. The Labute approximate surface area is 210 Å². The van der Waals surface area contributed by atoms with Crippen molar-refractivity contribution in [2.75, 3.05) is 19.6 Å². The number of nitrogens with one attached hydrogen (secondary N) is 1. The van der Waals surface area contributed by atoms with Gasteiger partial charge in [-0.2, -0.15) is 0 Å². The number of fused-ring (bicyclic) bond motifs is 1. The van der Waals surface area contributed by atoms with Crippen molar-refractivity contribution in [2.24, 2.45) is 0 Å². The topological polar surface area (TPSA) is 63.1 Å². The lowest BCUT2D eigenvalue weighted by Gasteiger charge is -2.27. The van der Waals surface area contributed by atoms with Crippen molar-refractivity contribution < 1.29 is 9.18 Å². The van der Waals surface area contributed by atoms with E-state index in [1.54, 1.807) is 12.1 Å². The van der Waals surface area contributed by atoms with Crippen molar-refractivity contribution in [3.8, 4) is 0 Å². The molecule has 0 saturated carbocycles. The van der Waals surface area contributed by atoms with Crippen molar-refractivity contribution in [1.29, 1.82) is 0 Å². The summed E-state index contributed by atoms with van der Waals surface area (Å²) in [5.41, 5.74) is 3.28. The van der Waals surface area contributed by atoms with Gasteiger partial charge in [0.2, 0.25) is 5.91 Å². The standard InChI is InChI=1S/C29H30FN5O/c30-25-13-7-8-22(18-25)19-29(36)31-20-28-33-32-27-14-15-34(16-17-35(27)28)21-26(23-9-3-1-4-10-23)24-11-5-2-6-12-24/h1-13,18,26H,14-17,19-21H2,(H,31,36). The predicted octanol–water partition coefficient (Wildman–Crippen LogP) is 3.97. The number of hydrogen-bond donors (Lipinski definition) is 1. The second-order valence-corrected chi connectivity index (χ2v) is 9.19. The van der Waals surface area contributed by atoms with Crippen LogP contribution in [0, 0.1) is 5.82 Å². The Balaban J connectivity index is 1.22. The number of hydrogen-bond acceptors (Lipinski definition) is 4. The van der Waals surface area contributed by atoms with Crippen molar-refractivity contribution in [2.45, 2.75) is 31.8 Å². The van der Waals surface area contributed by atoms with Crippen molar-refractivity contribution in [3.05, 3.63) is 119 Å². The molecule has 1 aromatic heterocycles. The van der Waals surface area contributed by atoms with Gasteiger partial charge in [-0.3, -0.25) is 4.79 Å². The van der Waals surface area contributed by atoms with Gasteiger partial charge in [-0.1, -0.05) is 72.8 Å². The Hall–Kier alpha value is -3.84. The summed E-state index contributed by atoms with van der Waals surface area (Å²) in [4.78, 5) is 14.9. The van der Waals surface area contributed by atoms with Gasteiger partial charge in [0.05, 0.1) is 13.0 Å². The maximum atomic E-state index is 13.4. The van der Waals surface area contributed by atoms with E-state index in [4.69, 9.17) is 0 Å². The van der Waals surface area contributed by atoms with Crippen LogP contribution >= 0.6 is 0 Å². The Morgan fingerprint density at radius 2 is 1.61 bits per heavy atom. The van der Waals surface area contributed by atoms with Gasteiger partial charge >= 0.3 is 0 Å². The molecule has 3 aromatic carbocycles. The van der Waals surface area contributed by atoms with Crippen LogP contribution in [-0.2, 0) is 30.7 Å². The fourth-order valence-electron chi connectivity index (χ4n) is 4.84. The minimum atomic E-state index is -0.339. The molecule has 4 aromatic rings. The van der Waals surface area contributed by atoms with E-state index in [0.717, 1.165) is 44.2 Å². The molecule has 1 aliphatic heterocycles. The number of carbonyl (C=O) groups excluding carboxylic acids is 1. The van der Waals surface area contributed by atoms with E-state index in [2.05, 4.69) is 85.6 Å². The minimum absolute atomic E-state index is 0.132. The molecule has 0 atom stereocenters. The molecular weight excluding hydrogens is 453 g/mol. The van der Waals surface area contributed by atoms with Crippen molar-refractivity contribution in [1.82, 2.24) is 25.0 Å². The third-order valence-electron chi connectivity index (χ3n) is 6.74. The van der Waals surface area contributed by atoms with Gasteiger partial charge in [-0.15, -0.1) is 10.2 Å². The molecule has 6 nitrogen and oxygen atoms in total. The third-order valence-corrected chi connectivity index (χ3v) is 6.74. The van der Waals surface area contributed by atoms with Gasteiger partial charge in [-0.05, 0) is 28.8 Å². The third kappa shape index (κ3) is 5.86. The van der Waals surface area contributed by atoms with Gasteiger partial charge in [-0.25, -0.2) is 4.39 Å². The van der Waals surface area contributed by atoms with Gasteiger partial charge in [0, 0.05) is 38.5 Å². The molecule has 0 bridgehead atoms. The quantitative estimate of drug-likeness (QED) is 0.412. The average molecular weight is 484 g/mol. The summed E-state index contributed by atoms with van der Waals surface area (Å²) in [5, 5.41) is 11.7. The number of benzene rings is 3. The van der Waals surface area contributed by atoms with E-state index >= 15 is 0 Å². The van der Waals surface area contributed by atoms with Crippen LogP contribution < -0.4 is 5.32 Å². The van der Waals surface area contributed by atoms with Crippen LogP contribution in [0.25, 0.3) is 0 Å². The van der Waals surface area contributed by atoms with Crippen molar-refractivity contribution >= 4 is 5.91 Å². The molecule has 1 aliphatic rings. The lowest BCUT2D eigenvalue weighted by atomic mass is 9.90. The summed E-state index contributed by atoms with van der Waals surface area (Å²) in [5.74, 6) is 1.48. The summed E-state index contributed by atoms with van der Waals surface area (Å²) in [6.45, 7) is 3.78. The molecule has 0 spiro atoms. The molecule has 184 valence electrons. The first-order valence-corrected chi connectivity index (χ1v) is 12.4. The van der Waals surface area contributed by atoms with Crippen LogP contribution in [0.2, 0.25) is 0 Å². The first-order chi connectivity index (χ1) is 17.7. The number of halogens is 1. The van der Waals surface area contributed by atoms with Crippen LogP contribution in [-0.4, -0.2) is 45.2 Å². The Bertz CT molecular complexity index is 1250. The van der Waals surface area contributed by atoms with Crippen molar-refractivity contribution in [3.63, 3.8) is 0 Å². The highest BCUT2D eigenvalue weighted by Gasteiger charge is 2.23. The second-order valence-electron chi connectivity index (χ2n) is 9.19. The molecule has 5 rings (SSSR count). The molecule has 1 amide bonds. The lowest BCUT2D eigenvalue weighted by molar-refractivity contribution is -0.120. The van der Waals surface area contributed by atoms with Gasteiger partial charge in [0.25, 0.3) is 0 Å². The highest BCUT2D eigenvalue weighted by molar-refractivity contribution is 5.78. The highest BCUT2D eigenvalue weighted by atomic mass is 19.1. The fourth-order valence-corrected chi connectivity index (χ4v) is 4.84. The van der Waals surface area contributed by atoms with Crippen LogP contribution in [0.4, 0.5) is 4.39 Å². The summed E-state index contributed by atoms with van der Waals surface area (Å²) < 4.78 is 15.5. The van der Waals surface area contributed by atoms with Crippen LogP contribution in [0.5, 0.6) is 0 Å². The lowest BCUT2D eigenvalue weighted by Crippen LogP contribution is -2.32. The molecule has 0 radical (unpaired) electrons. The molecule has 0 saturated heterocycles. The van der Waals surface area contributed by atoms with Gasteiger partial charge < -0.3 is 14.8 Å². The molecule has 0 aliphatic carbocycles. The van der Waals surface area contributed by atoms with E-state index in [1.165, 1.54) is 23.3 Å². The van der Waals surface area contributed by atoms with E-state index < -0.39 is 0 Å². The van der Waals surface area contributed by atoms with E-state index in [0.29, 0.717) is 12.1 Å². The maximum Gasteiger partial charge on any atom is 0.224 e. The average Bonchev–Trinajstić information content (AvgIpc) is 3.18. The summed E-state index contributed by atoms with van der Waals surface area (Å²) in [6, 6.07) is 27.5. The number of aromatic nitrogens is 3. The van der Waals surface area contributed by atoms with E-state index in [-0.39, 0.29) is 24.1 Å². The number of amides is 1. The largest absolute Gasteiger partial charge is 0.349 e. The number of nitrogens with zero attached hydrogens (tertiary/aromatic N) is 4. The summed E-state index contributed by atoms with van der Waals surface area (Å²) in [7, 11) is 0. The Morgan fingerprint density at radius 1 is 0.889 bits per heavy atom. The molecule has 7 heteroatoms. The predicted molar refractivity (Wildman–Crippen MR) is 137 cm³/mol. The minimum Gasteiger partial charge on any atom is -0.349 e. The SMILES string of the molecule is O=C(Cc1cccc(F)c1)NCc1nnc2n1CCN(CC(c1ccccc1)c1ccccc1)CC2. The Morgan fingerprint density at radius 3 is 2.31 bits per heavy atom. The normalized spacial score (nSPS) is 13.8. The molecule has 36 heavy (non-hydrogen) atoms. The van der Waals surface area contributed by atoms with Crippen LogP contribution in [0.15, 0.2) is 84.9 Å². The van der Waals surface area contributed by atoms with Crippen LogP contribution in [0.1, 0.15) is 34.3 Å². The zero-order chi connectivity index (χ0) is 24.7. The van der Waals surface area contributed by atoms with Crippen LogP contribution in [0.3, 0.4) is 0 Å². The molecular formula is C29H30FN5O. The second kappa shape index (κ2) is 11.3. The molecule has 2 heterocycles. The maximum absolute atomic E-state index is 13.4. The van der Waals surface area contributed by atoms with Gasteiger partial charge in [0.15, 0.2) is 5.82 Å². The highest BCUT2D eigenvalue weighted by Crippen LogP contribution is 2.26. The smallest absolute Gasteiger partial charge is 0.224 e. The molecule has 0 fully saturated rings. The first kappa shape index (κ1) is 23.9. The zero-order valence-electron chi connectivity index (χ0n) is 20.2.